The Bertz CT molecular complexity index is 112. The molecule has 0 radical (unpaired) electrons. The highest BCUT2D eigenvalue weighted by Crippen LogP contribution is 2.11. The first-order valence-corrected chi connectivity index (χ1v) is 4.46. The summed E-state index contributed by atoms with van der Waals surface area (Å²) < 4.78 is 0. The van der Waals surface area contributed by atoms with Crippen molar-refractivity contribution in [1.82, 2.24) is 0 Å². The van der Waals surface area contributed by atoms with Crippen molar-refractivity contribution < 1.29 is 5.11 Å². The van der Waals surface area contributed by atoms with Crippen molar-refractivity contribution in [3.8, 4) is 0 Å². The third kappa shape index (κ3) is 6.11. The van der Waals surface area contributed by atoms with Gasteiger partial charge >= 0.3 is 0 Å². The number of aliphatic hydroxyl groups is 1. The summed E-state index contributed by atoms with van der Waals surface area (Å²) in [7, 11) is 0. The van der Waals surface area contributed by atoms with E-state index in [0.717, 1.165) is 6.42 Å². The lowest BCUT2D eigenvalue weighted by molar-refractivity contribution is 0.243. The summed E-state index contributed by atoms with van der Waals surface area (Å²) in [6.45, 7) is 6.63. The van der Waals surface area contributed by atoms with Gasteiger partial charge in [-0.25, -0.2) is 0 Å². The van der Waals surface area contributed by atoms with Gasteiger partial charge in [0, 0.05) is 12.5 Å². The predicted octanol–water partition coefficient (Wildman–Crippen LogP) is 2.75. The van der Waals surface area contributed by atoms with E-state index in [1.54, 1.807) is 0 Å². The molecule has 66 valence electrons. The Morgan fingerprint density at radius 3 is 2.45 bits per heavy atom. The normalized spacial score (nSPS) is 12.7. The van der Waals surface area contributed by atoms with Crippen molar-refractivity contribution in [2.45, 2.75) is 40.0 Å². The number of hydrogen-bond donors (Lipinski definition) is 1. The Labute approximate surface area is 70.1 Å². The summed E-state index contributed by atoms with van der Waals surface area (Å²) in [6.07, 6.45) is 5.72. The highest BCUT2D eigenvalue weighted by molar-refractivity contribution is 4.97. The molecule has 0 aromatic heterocycles. The molecule has 0 aliphatic carbocycles. The lowest BCUT2D eigenvalue weighted by atomic mass is 10.0. The van der Waals surface area contributed by atoms with Crippen LogP contribution in [-0.2, 0) is 0 Å². The monoisotopic (exact) mass is 156 g/mol. The fourth-order valence-electron chi connectivity index (χ4n) is 1.17. The fraction of sp³-hybridized carbons (Fsp3) is 0.800. The van der Waals surface area contributed by atoms with Gasteiger partial charge in [0.15, 0.2) is 0 Å². The molecule has 0 aromatic carbocycles. The Hall–Kier alpha value is -0.300. The Balaban J connectivity index is 3.67. The first kappa shape index (κ1) is 10.7. The SMILES string of the molecule is CCCC[C@H](C=C(C)C)CO. The van der Waals surface area contributed by atoms with Crippen molar-refractivity contribution in [1.29, 1.82) is 0 Å². The minimum absolute atomic E-state index is 0.297. The molecule has 0 bridgehead atoms. The molecule has 1 N–H and O–H groups in total. The molecule has 0 saturated heterocycles. The lowest BCUT2D eigenvalue weighted by Gasteiger charge is -2.08. The van der Waals surface area contributed by atoms with Gasteiger partial charge in [-0.3, -0.25) is 0 Å². The van der Waals surface area contributed by atoms with Gasteiger partial charge in [-0.05, 0) is 20.3 Å². The summed E-state index contributed by atoms with van der Waals surface area (Å²) >= 11 is 0. The molecule has 0 fully saturated rings. The smallest absolute Gasteiger partial charge is 0.0493 e. The van der Waals surface area contributed by atoms with Crippen LogP contribution in [0.2, 0.25) is 0 Å². The topological polar surface area (TPSA) is 20.2 Å². The van der Waals surface area contributed by atoms with Gasteiger partial charge in [0.1, 0.15) is 0 Å². The van der Waals surface area contributed by atoms with E-state index in [0.29, 0.717) is 12.5 Å². The van der Waals surface area contributed by atoms with Gasteiger partial charge in [0.2, 0.25) is 0 Å². The van der Waals surface area contributed by atoms with E-state index < -0.39 is 0 Å². The molecule has 1 heteroatoms. The van der Waals surface area contributed by atoms with E-state index in [9.17, 15) is 0 Å². The molecule has 11 heavy (non-hydrogen) atoms. The molecular weight excluding hydrogens is 136 g/mol. The molecule has 0 aromatic rings. The van der Waals surface area contributed by atoms with E-state index in [1.807, 2.05) is 0 Å². The average Bonchev–Trinajstić information content (AvgIpc) is 1.97. The molecule has 0 rings (SSSR count). The van der Waals surface area contributed by atoms with Gasteiger partial charge in [0.25, 0.3) is 0 Å². The van der Waals surface area contributed by atoms with E-state index in [-0.39, 0.29) is 0 Å². The lowest BCUT2D eigenvalue weighted by Crippen LogP contribution is -2.02. The Morgan fingerprint density at radius 2 is 2.09 bits per heavy atom. The van der Waals surface area contributed by atoms with Crippen LogP contribution in [-0.4, -0.2) is 11.7 Å². The zero-order valence-electron chi connectivity index (χ0n) is 7.93. The highest BCUT2D eigenvalue weighted by Gasteiger charge is 2.01. The number of hydrogen-bond acceptors (Lipinski definition) is 1. The second-order valence-electron chi connectivity index (χ2n) is 3.33. The van der Waals surface area contributed by atoms with E-state index in [1.165, 1.54) is 18.4 Å². The van der Waals surface area contributed by atoms with Crippen molar-refractivity contribution in [3.63, 3.8) is 0 Å². The average molecular weight is 156 g/mol. The summed E-state index contributed by atoms with van der Waals surface area (Å²) in [4.78, 5) is 0. The maximum absolute atomic E-state index is 8.96. The molecule has 1 atom stereocenters. The second kappa shape index (κ2) is 6.41. The standard InChI is InChI=1S/C10H20O/c1-4-5-6-10(8-11)7-9(2)3/h7,10-11H,4-6,8H2,1-3H3/t10-/m1/s1. The molecule has 0 spiro atoms. The van der Waals surface area contributed by atoms with Crippen LogP contribution < -0.4 is 0 Å². The number of aliphatic hydroxyl groups excluding tert-OH is 1. The highest BCUT2D eigenvalue weighted by atomic mass is 16.3. The Morgan fingerprint density at radius 1 is 1.45 bits per heavy atom. The van der Waals surface area contributed by atoms with Gasteiger partial charge < -0.3 is 5.11 Å². The maximum Gasteiger partial charge on any atom is 0.0493 e. The zero-order valence-corrected chi connectivity index (χ0v) is 7.93. The van der Waals surface area contributed by atoms with Crippen LogP contribution in [0.5, 0.6) is 0 Å². The molecule has 0 amide bonds. The van der Waals surface area contributed by atoms with Crippen molar-refractivity contribution in [2.75, 3.05) is 6.61 Å². The molecule has 0 aliphatic heterocycles. The Kier molecular flexibility index (Phi) is 6.24. The summed E-state index contributed by atoms with van der Waals surface area (Å²) in [5, 5.41) is 8.96. The number of rotatable bonds is 5. The van der Waals surface area contributed by atoms with Gasteiger partial charge in [-0.2, -0.15) is 0 Å². The first-order valence-electron chi connectivity index (χ1n) is 4.46. The largest absolute Gasteiger partial charge is 0.396 e. The van der Waals surface area contributed by atoms with Gasteiger partial charge in [-0.15, -0.1) is 0 Å². The van der Waals surface area contributed by atoms with Crippen LogP contribution in [0.15, 0.2) is 11.6 Å². The minimum Gasteiger partial charge on any atom is -0.396 e. The van der Waals surface area contributed by atoms with Crippen LogP contribution in [0.3, 0.4) is 0 Å². The summed E-state index contributed by atoms with van der Waals surface area (Å²) in [5.41, 5.74) is 1.31. The van der Waals surface area contributed by atoms with Crippen LogP contribution in [0.25, 0.3) is 0 Å². The van der Waals surface area contributed by atoms with Gasteiger partial charge in [-0.1, -0.05) is 31.4 Å². The first-order chi connectivity index (χ1) is 5.20. The third-order valence-electron chi connectivity index (χ3n) is 1.73. The third-order valence-corrected chi connectivity index (χ3v) is 1.73. The van der Waals surface area contributed by atoms with Crippen LogP contribution >= 0.6 is 0 Å². The number of allylic oxidation sites excluding steroid dienone is 1. The fourth-order valence-corrected chi connectivity index (χ4v) is 1.17. The molecule has 0 saturated carbocycles. The van der Waals surface area contributed by atoms with Crippen molar-refractivity contribution >= 4 is 0 Å². The van der Waals surface area contributed by atoms with Crippen LogP contribution in [0.4, 0.5) is 0 Å². The molecule has 0 unspecified atom stereocenters. The van der Waals surface area contributed by atoms with E-state index in [2.05, 4.69) is 26.8 Å². The second-order valence-corrected chi connectivity index (χ2v) is 3.33. The molecule has 0 aliphatic rings. The molecule has 1 nitrogen and oxygen atoms in total. The number of unbranched alkanes of at least 4 members (excludes halogenated alkanes) is 1. The predicted molar refractivity (Wildman–Crippen MR) is 49.5 cm³/mol. The van der Waals surface area contributed by atoms with Crippen molar-refractivity contribution in [2.24, 2.45) is 5.92 Å². The van der Waals surface area contributed by atoms with E-state index in [4.69, 9.17) is 5.11 Å². The summed E-state index contributed by atoms with van der Waals surface area (Å²) in [5.74, 6) is 0.389. The zero-order chi connectivity index (χ0) is 8.69. The van der Waals surface area contributed by atoms with Crippen LogP contribution in [0, 0.1) is 5.92 Å². The van der Waals surface area contributed by atoms with E-state index >= 15 is 0 Å². The molecule has 0 heterocycles. The molecular formula is C10H20O. The minimum atomic E-state index is 0.297. The quantitative estimate of drug-likeness (QED) is 0.607. The maximum atomic E-state index is 8.96. The van der Waals surface area contributed by atoms with Crippen molar-refractivity contribution in [3.05, 3.63) is 11.6 Å². The van der Waals surface area contributed by atoms with Crippen LogP contribution in [0.1, 0.15) is 40.0 Å². The summed E-state index contributed by atoms with van der Waals surface area (Å²) in [6, 6.07) is 0. The van der Waals surface area contributed by atoms with Gasteiger partial charge in [0.05, 0.1) is 0 Å².